The van der Waals surface area contributed by atoms with E-state index in [4.69, 9.17) is 9.72 Å². The molecule has 176 valence electrons. The summed E-state index contributed by atoms with van der Waals surface area (Å²) in [6, 6.07) is 6.73. The van der Waals surface area contributed by atoms with Crippen molar-refractivity contribution in [2.45, 2.75) is 52.1 Å². The number of carbonyl (C=O) groups is 1. The maximum Gasteiger partial charge on any atom is 0.256 e. The van der Waals surface area contributed by atoms with Gasteiger partial charge in [0.2, 0.25) is 0 Å². The van der Waals surface area contributed by atoms with Crippen LogP contribution in [0, 0.1) is 6.92 Å². The summed E-state index contributed by atoms with van der Waals surface area (Å²) in [5, 5.41) is 1.25. The van der Waals surface area contributed by atoms with E-state index in [2.05, 4.69) is 46.6 Å². The zero-order valence-electron chi connectivity index (χ0n) is 20.6. The molecule has 1 amide bonds. The van der Waals surface area contributed by atoms with Crippen LogP contribution in [0.1, 0.15) is 66.1 Å². The maximum absolute atomic E-state index is 12.3. The molecule has 3 aromatic rings. The standard InChI is InChI=1S/C26H35N5O2/c1-17(2)31-16-20(22-12-21(33-6)9-10-24(22)31)15-30-11-7-8-19(14-30)25-27-13-23(18(3)28-25)26(32)29(4)5/h9-10,12-13,16-17,19H,7-8,11,14-15H2,1-6H3/t19-/m0/s1. The van der Waals surface area contributed by atoms with Gasteiger partial charge < -0.3 is 14.2 Å². The van der Waals surface area contributed by atoms with Crippen LogP contribution in [0.4, 0.5) is 0 Å². The molecular weight excluding hydrogens is 414 g/mol. The van der Waals surface area contributed by atoms with Crippen LogP contribution in [0.15, 0.2) is 30.6 Å². The summed E-state index contributed by atoms with van der Waals surface area (Å²) in [7, 11) is 5.22. The third-order valence-corrected chi connectivity index (χ3v) is 6.58. The van der Waals surface area contributed by atoms with Crippen molar-refractivity contribution >= 4 is 16.8 Å². The first-order valence-electron chi connectivity index (χ1n) is 11.7. The van der Waals surface area contributed by atoms with E-state index in [1.165, 1.54) is 16.5 Å². The number of hydrogen-bond donors (Lipinski definition) is 0. The van der Waals surface area contributed by atoms with E-state index in [0.717, 1.165) is 49.7 Å². The van der Waals surface area contributed by atoms with E-state index in [9.17, 15) is 4.79 Å². The maximum atomic E-state index is 12.3. The van der Waals surface area contributed by atoms with Gasteiger partial charge in [0.15, 0.2) is 0 Å². The van der Waals surface area contributed by atoms with Crippen LogP contribution >= 0.6 is 0 Å². The van der Waals surface area contributed by atoms with Crippen molar-refractivity contribution in [1.29, 1.82) is 0 Å². The number of ether oxygens (including phenoxy) is 1. The molecule has 0 saturated carbocycles. The highest BCUT2D eigenvalue weighted by Gasteiger charge is 2.26. The normalized spacial score (nSPS) is 17.0. The first-order chi connectivity index (χ1) is 15.8. The molecule has 1 atom stereocenters. The van der Waals surface area contributed by atoms with Gasteiger partial charge in [-0.25, -0.2) is 9.97 Å². The van der Waals surface area contributed by atoms with Gasteiger partial charge in [-0.05, 0) is 63.9 Å². The molecule has 0 bridgehead atoms. The van der Waals surface area contributed by atoms with E-state index in [1.54, 1.807) is 32.3 Å². The number of rotatable bonds is 6. The number of methoxy groups -OCH3 is 1. The fourth-order valence-electron chi connectivity index (χ4n) is 4.77. The summed E-state index contributed by atoms with van der Waals surface area (Å²) in [6.07, 6.45) is 6.16. The summed E-state index contributed by atoms with van der Waals surface area (Å²) in [6.45, 7) is 9.19. The van der Waals surface area contributed by atoms with E-state index in [1.807, 2.05) is 13.0 Å². The topological polar surface area (TPSA) is 63.5 Å². The van der Waals surface area contributed by atoms with Crippen LogP contribution in [0.3, 0.4) is 0 Å². The monoisotopic (exact) mass is 449 g/mol. The summed E-state index contributed by atoms with van der Waals surface area (Å²) in [4.78, 5) is 25.7. The van der Waals surface area contributed by atoms with Crippen LogP contribution in [-0.2, 0) is 6.54 Å². The molecular formula is C26H35N5O2. The van der Waals surface area contributed by atoms with E-state index >= 15 is 0 Å². The molecule has 7 nitrogen and oxygen atoms in total. The first kappa shape index (κ1) is 23.2. The zero-order chi connectivity index (χ0) is 23.7. The summed E-state index contributed by atoms with van der Waals surface area (Å²) in [5.41, 5.74) is 3.89. The predicted molar refractivity (Wildman–Crippen MR) is 131 cm³/mol. The largest absolute Gasteiger partial charge is 0.497 e. The van der Waals surface area contributed by atoms with E-state index in [-0.39, 0.29) is 11.8 Å². The van der Waals surface area contributed by atoms with Crippen LogP contribution in [0.25, 0.3) is 10.9 Å². The highest BCUT2D eigenvalue weighted by atomic mass is 16.5. The summed E-state index contributed by atoms with van der Waals surface area (Å²) >= 11 is 0. The second-order valence-corrected chi connectivity index (χ2v) is 9.54. The fraction of sp³-hybridized carbons (Fsp3) is 0.500. The highest BCUT2D eigenvalue weighted by molar-refractivity contribution is 5.94. The average Bonchev–Trinajstić information content (AvgIpc) is 3.16. The van der Waals surface area contributed by atoms with E-state index < -0.39 is 0 Å². The van der Waals surface area contributed by atoms with Gasteiger partial charge >= 0.3 is 0 Å². The number of benzene rings is 1. The minimum Gasteiger partial charge on any atom is -0.497 e. The van der Waals surface area contributed by atoms with Crippen LogP contribution in [-0.4, -0.2) is 64.5 Å². The third-order valence-electron chi connectivity index (χ3n) is 6.58. The van der Waals surface area contributed by atoms with Crippen molar-refractivity contribution in [1.82, 2.24) is 24.3 Å². The Morgan fingerprint density at radius 1 is 1.30 bits per heavy atom. The lowest BCUT2D eigenvalue weighted by Gasteiger charge is -2.32. The molecule has 0 unspecified atom stereocenters. The zero-order valence-corrected chi connectivity index (χ0v) is 20.6. The van der Waals surface area contributed by atoms with Gasteiger partial charge in [-0.15, -0.1) is 0 Å². The van der Waals surface area contributed by atoms with Crippen molar-refractivity contribution < 1.29 is 9.53 Å². The number of likely N-dealkylation sites (tertiary alicyclic amines) is 1. The predicted octanol–water partition coefficient (Wildman–Crippen LogP) is 4.41. The Bertz CT molecular complexity index is 1150. The molecule has 1 fully saturated rings. The molecule has 0 radical (unpaired) electrons. The van der Waals surface area contributed by atoms with Crippen LogP contribution in [0.5, 0.6) is 5.75 Å². The Labute approximate surface area is 196 Å². The lowest BCUT2D eigenvalue weighted by atomic mass is 9.96. The quantitative estimate of drug-likeness (QED) is 0.558. The average molecular weight is 450 g/mol. The lowest BCUT2D eigenvalue weighted by molar-refractivity contribution is 0.0825. The summed E-state index contributed by atoms with van der Waals surface area (Å²) < 4.78 is 7.84. The first-order valence-corrected chi connectivity index (χ1v) is 11.7. The smallest absolute Gasteiger partial charge is 0.256 e. The fourth-order valence-corrected chi connectivity index (χ4v) is 4.77. The number of aryl methyl sites for hydroxylation is 1. The van der Waals surface area contributed by atoms with Crippen molar-refractivity contribution in [2.75, 3.05) is 34.3 Å². The van der Waals surface area contributed by atoms with Gasteiger partial charge in [0, 0.05) is 62.4 Å². The summed E-state index contributed by atoms with van der Waals surface area (Å²) in [5.74, 6) is 1.95. The number of hydrogen-bond acceptors (Lipinski definition) is 5. The molecule has 1 aliphatic heterocycles. The van der Waals surface area contributed by atoms with Gasteiger partial charge in [0.05, 0.1) is 18.4 Å². The molecule has 7 heteroatoms. The molecule has 0 N–H and O–H groups in total. The lowest BCUT2D eigenvalue weighted by Crippen LogP contribution is -2.34. The third kappa shape index (κ3) is 4.74. The minimum absolute atomic E-state index is 0.0544. The molecule has 0 spiro atoms. The molecule has 1 aromatic carbocycles. The van der Waals surface area contributed by atoms with Gasteiger partial charge in [0.25, 0.3) is 5.91 Å². The Morgan fingerprint density at radius 2 is 2.09 bits per heavy atom. The van der Waals surface area contributed by atoms with Gasteiger partial charge in [0.1, 0.15) is 11.6 Å². The molecule has 4 rings (SSSR count). The van der Waals surface area contributed by atoms with Crippen molar-refractivity contribution in [3.8, 4) is 5.75 Å². The Balaban J connectivity index is 1.56. The van der Waals surface area contributed by atoms with Gasteiger partial charge in [-0.2, -0.15) is 0 Å². The second-order valence-electron chi connectivity index (χ2n) is 9.54. The Morgan fingerprint density at radius 3 is 2.76 bits per heavy atom. The van der Waals surface area contributed by atoms with E-state index in [0.29, 0.717) is 11.6 Å². The Kier molecular flexibility index (Phi) is 6.70. The Hall–Kier alpha value is -2.93. The molecule has 2 aromatic heterocycles. The van der Waals surface area contributed by atoms with Crippen molar-refractivity contribution in [3.05, 3.63) is 53.2 Å². The number of fused-ring (bicyclic) bond motifs is 1. The van der Waals surface area contributed by atoms with Gasteiger partial charge in [-0.1, -0.05) is 0 Å². The molecule has 33 heavy (non-hydrogen) atoms. The number of piperidine rings is 1. The van der Waals surface area contributed by atoms with Gasteiger partial charge in [-0.3, -0.25) is 9.69 Å². The number of carbonyl (C=O) groups excluding carboxylic acids is 1. The van der Waals surface area contributed by atoms with Crippen LogP contribution < -0.4 is 4.74 Å². The van der Waals surface area contributed by atoms with Crippen LogP contribution in [0.2, 0.25) is 0 Å². The minimum atomic E-state index is -0.0544. The molecule has 3 heterocycles. The molecule has 0 aliphatic carbocycles. The van der Waals surface area contributed by atoms with Crippen molar-refractivity contribution in [3.63, 3.8) is 0 Å². The SMILES string of the molecule is COc1ccc2c(c1)c(CN1CCC[C@H](c3ncc(C(=O)N(C)C)c(C)n3)C1)cn2C(C)C. The molecule has 1 aliphatic rings. The second kappa shape index (κ2) is 9.51. The number of amides is 1. The molecule has 1 saturated heterocycles. The number of nitrogens with zero attached hydrogens (tertiary/aromatic N) is 5. The van der Waals surface area contributed by atoms with Crippen molar-refractivity contribution in [2.24, 2.45) is 0 Å². The highest BCUT2D eigenvalue weighted by Crippen LogP contribution is 2.31. The number of aromatic nitrogens is 3.